The first kappa shape index (κ1) is 26.6. The van der Waals surface area contributed by atoms with Crippen LogP contribution in [-0.4, -0.2) is 48.3 Å². The summed E-state index contributed by atoms with van der Waals surface area (Å²) >= 11 is 0. The third-order valence-electron chi connectivity index (χ3n) is 6.68. The largest absolute Gasteiger partial charge is 0.445 e. The fourth-order valence-electron chi connectivity index (χ4n) is 4.79. The Balaban J connectivity index is 1.52. The van der Waals surface area contributed by atoms with E-state index in [0.29, 0.717) is 32.1 Å². The summed E-state index contributed by atoms with van der Waals surface area (Å²) in [6.07, 6.45) is 3.21. The minimum atomic E-state index is -0.852. The molecule has 3 atom stereocenters. The van der Waals surface area contributed by atoms with Gasteiger partial charge in [0.15, 0.2) is 0 Å². The molecule has 0 bridgehead atoms. The molecular weight excluding hydrogens is 488 g/mol. The van der Waals surface area contributed by atoms with E-state index in [1.165, 1.54) is 11.1 Å². The van der Waals surface area contributed by atoms with Crippen molar-refractivity contribution in [3.05, 3.63) is 65.2 Å². The Hall–Kier alpha value is -4.41. The molecule has 5 N–H and O–H groups in total. The number of nitrogens with zero attached hydrogens (tertiary/aromatic N) is 2. The highest BCUT2D eigenvalue weighted by atomic mass is 16.5. The molecule has 0 aromatic heterocycles. The minimum Gasteiger partial charge on any atom is -0.445 e. The van der Waals surface area contributed by atoms with E-state index in [9.17, 15) is 19.2 Å². The normalized spacial score (nSPS) is 19.2. The lowest BCUT2D eigenvalue weighted by atomic mass is 9.92. The van der Waals surface area contributed by atoms with E-state index in [0.717, 1.165) is 22.4 Å². The molecule has 1 unspecified atom stereocenters. The topological polar surface area (TPSA) is 155 Å². The second-order valence-corrected chi connectivity index (χ2v) is 9.26. The van der Waals surface area contributed by atoms with Crippen LogP contribution in [-0.2, 0) is 33.8 Å². The SMILES string of the molecule is CC[C@@H](/C=N\NC(N)=O)NC(=O)C1CCc2cccc3c2N1C(=O)[C@@H](NC(=O)OCc1ccccc1)CC3. The number of nitrogens with one attached hydrogen (secondary N) is 3. The number of ether oxygens (including phenoxy) is 1. The fraction of sp³-hybridized carbons (Fsp3) is 0.370. The van der Waals surface area contributed by atoms with Crippen LogP contribution < -0.4 is 26.7 Å². The van der Waals surface area contributed by atoms with E-state index in [4.69, 9.17) is 10.5 Å². The summed E-state index contributed by atoms with van der Waals surface area (Å²) in [5.74, 6) is -0.701. The summed E-state index contributed by atoms with van der Waals surface area (Å²) < 4.78 is 5.35. The average molecular weight is 521 g/mol. The molecule has 38 heavy (non-hydrogen) atoms. The summed E-state index contributed by atoms with van der Waals surface area (Å²) in [6, 6.07) is 12.2. The van der Waals surface area contributed by atoms with Crippen molar-refractivity contribution in [2.75, 3.05) is 4.90 Å². The molecule has 0 fully saturated rings. The van der Waals surface area contributed by atoms with Crippen molar-refractivity contribution >= 4 is 35.8 Å². The maximum Gasteiger partial charge on any atom is 0.408 e. The van der Waals surface area contributed by atoms with E-state index in [1.54, 1.807) is 0 Å². The Bertz CT molecular complexity index is 1220. The molecule has 0 saturated heterocycles. The summed E-state index contributed by atoms with van der Waals surface area (Å²) in [5, 5.41) is 9.36. The van der Waals surface area contributed by atoms with Gasteiger partial charge in [0.05, 0.1) is 11.7 Å². The Labute approximate surface area is 220 Å². The highest BCUT2D eigenvalue weighted by Gasteiger charge is 2.42. The van der Waals surface area contributed by atoms with Gasteiger partial charge in [-0.1, -0.05) is 55.5 Å². The Morgan fingerprint density at radius 3 is 2.50 bits per heavy atom. The second kappa shape index (κ2) is 12.2. The Kier molecular flexibility index (Phi) is 8.57. The maximum atomic E-state index is 13.8. The molecule has 2 aromatic carbocycles. The van der Waals surface area contributed by atoms with Crippen molar-refractivity contribution in [3.8, 4) is 0 Å². The fourth-order valence-corrected chi connectivity index (χ4v) is 4.79. The van der Waals surface area contributed by atoms with Crippen LogP contribution in [0.1, 0.15) is 42.9 Å². The number of nitrogens with two attached hydrogens (primary N) is 1. The van der Waals surface area contributed by atoms with Crippen LogP contribution in [0.15, 0.2) is 53.6 Å². The van der Waals surface area contributed by atoms with Gasteiger partial charge >= 0.3 is 12.1 Å². The minimum absolute atomic E-state index is 0.0806. The van der Waals surface area contributed by atoms with Crippen LogP contribution in [0.5, 0.6) is 0 Å². The van der Waals surface area contributed by atoms with Crippen molar-refractivity contribution in [3.63, 3.8) is 0 Å². The number of benzene rings is 2. The highest BCUT2D eigenvalue weighted by Crippen LogP contribution is 2.37. The molecule has 4 rings (SSSR count). The smallest absolute Gasteiger partial charge is 0.408 e. The maximum absolute atomic E-state index is 13.8. The van der Waals surface area contributed by atoms with E-state index in [2.05, 4.69) is 21.2 Å². The molecule has 11 heteroatoms. The van der Waals surface area contributed by atoms with Gasteiger partial charge < -0.3 is 21.1 Å². The van der Waals surface area contributed by atoms with E-state index in [1.807, 2.05) is 55.5 Å². The number of alkyl carbamates (subject to hydrolysis) is 1. The average Bonchev–Trinajstić information content (AvgIpc) is 3.05. The van der Waals surface area contributed by atoms with Gasteiger partial charge in [0.1, 0.15) is 18.7 Å². The number of para-hydroxylation sites is 1. The summed E-state index contributed by atoms with van der Waals surface area (Å²) in [5.41, 5.74) is 10.7. The first-order chi connectivity index (χ1) is 18.4. The number of anilines is 1. The van der Waals surface area contributed by atoms with Crippen LogP contribution in [0, 0.1) is 0 Å². The lowest BCUT2D eigenvalue weighted by Crippen LogP contribution is -2.58. The molecule has 2 heterocycles. The number of carbonyl (C=O) groups is 4. The van der Waals surface area contributed by atoms with Gasteiger partial charge in [-0.05, 0) is 48.8 Å². The van der Waals surface area contributed by atoms with Gasteiger partial charge in [-0.15, -0.1) is 0 Å². The number of hydrogen-bond acceptors (Lipinski definition) is 6. The van der Waals surface area contributed by atoms with Crippen LogP contribution in [0.2, 0.25) is 0 Å². The van der Waals surface area contributed by atoms with Gasteiger partial charge in [0, 0.05) is 6.21 Å². The van der Waals surface area contributed by atoms with Crippen molar-refractivity contribution in [2.45, 2.75) is 63.8 Å². The number of aryl methyl sites for hydroxylation is 2. The molecule has 2 aliphatic rings. The van der Waals surface area contributed by atoms with Crippen LogP contribution in [0.25, 0.3) is 0 Å². The predicted octanol–water partition coefficient (Wildman–Crippen LogP) is 2.12. The van der Waals surface area contributed by atoms with Gasteiger partial charge in [-0.2, -0.15) is 5.10 Å². The highest BCUT2D eigenvalue weighted by molar-refractivity contribution is 6.06. The van der Waals surface area contributed by atoms with E-state index >= 15 is 0 Å². The van der Waals surface area contributed by atoms with Gasteiger partial charge in [-0.25, -0.2) is 15.0 Å². The standard InChI is InChI=1S/C27H32N6O5/c1-2-20(15-29-32-26(28)36)30-24(34)22-14-12-19-10-6-9-18-11-13-21(25(35)33(22)23(18)19)31-27(37)38-16-17-7-4-3-5-8-17/h3-10,15,20-22H,2,11-14,16H2,1H3,(H,30,34)(H,31,37)(H3,28,32,36)/b29-15-/t20-,21-,22?/m0/s1. The molecule has 5 amide bonds. The third-order valence-corrected chi connectivity index (χ3v) is 6.68. The molecule has 11 nitrogen and oxygen atoms in total. The summed E-state index contributed by atoms with van der Waals surface area (Å²) in [4.78, 5) is 52.3. The molecule has 200 valence electrons. The number of primary amides is 1. The predicted molar refractivity (Wildman–Crippen MR) is 141 cm³/mol. The van der Waals surface area contributed by atoms with Crippen molar-refractivity contribution in [1.29, 1.82) is 0 Å². The zero-order chi connectivity index (χ0) is 27.1. The van der Waals surface area contributed by atoms with Crippen LogP contribution in [0.3, 0.4) is 0 Å². The van der Waals surface area contributed by atoms with Crippen LogP contribution >= 0.6 is 0 Å². The number of hydrazone groups is 1. The first-order valence-electron chi connectivity index (χ1n) is 12.7. The Morgan fingerprint density at radius 2 is 1.82 bits per heavy atom. The van der Waals surface area contributed by atoms with Crippen molar-refractivity contribution in [2.24, 2.45) is 10.8 Å². The van der Waals surface area contributed by atoms with Crippen molar-refractivity contribution < 1.29 is 23.9 Å². The Morgan fingerprint density at radius 1 is 1.11 bits per heavy atom. The molecule has 0 aliphatic carbocycles. The number of rotatable bonds is 8. The molecule has 0 spiro atoms. The molecule has 2 aliphatic heterocycles. The number of urea groups is 1. The monoisotopic (exact) mass is 520 g/mol. The van der Waals surface area contributed by atoms with Gasteiger partial charge in [0.25, 0.3) is 0 Å². The summed E-state index contributed by atoms with van der Waals surface area (Å²) in [6.45, 7) is 1.94. The lowest BCUT2D eigenvalue weighted by Gasteiger charge is -2.38. The van der Waals surface area contributed by atoms with Crippen LogP contribution in [0.4, 0.5) is 15.3 Å². The second-order valence-electron chi connectivity index (χ2n) is 9.26. The molecule has 2 aromatic rings. The summed E-state index contributed by atoms with van der Waals surface area (Å²) in [7, 11) is 0. The molecular formula is C27H32N6O5. The quantitative estimate of drug-likeness (QED) is 0.310. The van der Waals surface area contributed by atoms with E-state index in [-0.39, 0.29) is 18.4 Å². The first-order valence-corrected chi connectivity index (χ1v) is 12.7. The van der Waals surface area contributed by atoms with Crippen molar-refractivity contribution in [1.82, 2.24) is 16.1 Å². The molecule has 0 saturated carbocycles. The van der Waals surface area contributed by atoms with E-state index < -0.39 is 30.2 Å². The zero-order valence-corrected chi connectivity index (χ0v) is 21.2. The zero-order valence-electron chi connectivity index (χ0n) is 21.2. The number of amides is 5. The number of hydrogen-bond donors (Lipinski definition) is 4. The lowest BCUT2D eigenvalue weighted by molar-refractivity contribution is -0.127. The van der Waals surface area contributed by atoms with Gasteiger partial charge in [-0.3, -0.25) is 14.5 Å². The van der Waals surface area contributed by atoms with Gasteiger partial charge in [0.2, 0.25) is 11.8 Å². The molecule has 0 radical (unpaired) electrons. The third kappa shape index (κ3) is 6.28. The number of carbonyl (C=O) groups excluding carboxylic acids is 4.